The van der Waals surface area contributed by atoms with E-state index in [2.05, 4.69) is 0 Å². The quantitative estimate of drug-likeness (QED) is 0.548. The van der Waals surface area contributed by atoms with Gasteiger partial charge in [-0.05, 0) is 12.1 Å². The highest BCUT2D eigenvalue weighted by Gasteiger charge is 1.98. The Morgan fingerprint density at radius 1 is 1.09 bits per heavy atom. The average molecular weight is 174 g/mol. The molecule has 0 heterocycles. The Labute approximate surface area is 72.0 Å². The van der Waals surface area contributed by atoms with E-state index < -0.39 is 0 Å². The molecule has 6 N–H and O–H groups in total. The molecule has 1 aromatic carbocycles. The lowest BCUT2D eigenvalue weighted by Gasteiger charge is -2.04. The van der Waals surface area contributed by atoms with Gasteiger partial charge in [-0.25, -0.2) is 0 Å². The molecule has 0 bridgehead atoms. The fourth-order valence-corrected chi connectivity index (χ4v) is 0.859. The number of benzene rings is 1. The van der Waals surface area contributed by atoms with Crippen LogP contribution in [0.5, 0.6) is 0 Å². The molecule has 0 unspecified atom stereocenters. The predicted molar refractivity (Wildman–Crippen MR) is 50.4 cm³/mol. The Morgan fingerprint density at radius 2 is 1.55 bits per heavy atom. The zero-order chi connectivity index (χ0) is 7.56. The minimum Gasteiger partial charge on any atom is -0.398 e. The molecule has 62 valence electrons. The summed E-state index contributed by atoms with van der Waals surface area (Å²) in [7, 11) is 0. The summed E-state index contributed by atoms with van der Waals surface area (Å²) in [6, 6.07) is 5.39. The van der Waals surface area contributed by atoms with Crippen LogP contribution in [0, 0.1) is 0 Å². The van der Waals surface area contributed by atoms with E-state index in [1.165, 1.54) is 0 Å². The van der Waals surface area contributed by atoms with Gasteiger partial charge in [0.15, 0.2) is 0 Å². The van der Waals surface area contributed by atoms with Crippen molar-refractivity contribution in [3.8, 4) is 0 Å². The third-order valence-electron chi connectivity index (χ3n) is 1.45. The normalized spacial score (nSPS) is 8.82. The first kappa shape index (κ1) is 10.1. The van der Waals surface area contributed by atoms with Crippen LogP contribution in [-0.2, 0) is 6.54 Å². The molecule has 0 atom stereocenters. The highest BCUT2D eigenvalue weighted by Crippen LogP contribution is 2.17. The van der Waals surface area contributed by atoms with Crippen LogP contribution >= 0.6 is 12.4 Å². The van der Waals surface area contributed by atoms with Gasteiger partial charge in [-0.3, -0.25) is 0 Å². The lowest BCUT2D eigenvalue weighted by Crippen LogP contribution is -2.04. The first-order valence-corrected chi connectivity index (χ1v) is 3.08. The molecular formula is C7H12ClN3. The lowest BCUT2D eigenvalue weighted by atomic mass is 10.1. The van der Waals surface area contributed by atoms with Gasteiger partial charge in [-0.2, -0.15) is 0 Å². The third-order valence-corrected chi connectivity index (χ3v) is 1.45. The molecule has 4 heteroatoms. The number of hydrogen-bond acceptors (Lipinski definition) is 3. The maximum absolute atomic E-state index is 5.57. The van der Waals surface area contributed by atoms with Gasteiger partial charge in [-0.15, -0.1) is 12.4 Å². The fourth-order valence-electron chi connectivity index (χ4n) is 0.859. The summed E-state index contributed by atoms with van der Waals surface area (Å²) in [5, 5.41) is 0. The van der Waals surface area contributed by atoms with Crippen molar-refractivity contribution in [2.24, 2.45) is 5.73 Å². The largest absolute Gasteiger partial charge is 0.398 e. The van der Waals surface area contributed by atoms with Crippen molar-refractivity contribution in [3.63, 3.8) is 0 Å². The molecule has 0 aromatic heterocycles. The van der Waals surface area contributed by atoms with Crippen LogP contribution in [-0.4, -0.2) is 0 Å². The van der Waals surface area contributed by atoms with Crippen molar-refractivity contribution >= 4 is 23.8 Å². The summed E-state index contributed by atoms with van der Waals surface area (Å²) in [5.41, 5.74) is 18.7. The van der Waals surface area contributed by atoms with Crippen molar-refractivity contribution in [1.82, 2.24) is 0 Å². The van der Waals surface area contributed by atoms with Gasteiger partial charge >= 0.3 is 0 Å². The summed E-state index contributed by atoms with van der Waals surface area (Å²) in [4.78, 5) is 0. The number of anilines is 2. The molecule has 0 amide bonds. The first-order chi connectivity index (χ1) is 4.75. The molecule has 0 aliphatic rings. The van der Waals surface area contributed by atoms with Crippen LogP contribution in [0.4, 0.5) is 11.4 Å². The highest BCUT2D eigenvalue weighted by molar-refractivity contribution is 5.85. The average Bonchev–Trinajstić information content (AvgIpc) is 1.88. The minimum absolute atomic E-state index is 0. The lowest BCUT2D eigenvalue weighted by molar-refractivity contribution is 1.08. The highest BCUT2D eigenvalue weighted by atomic mass is 35.5. The van der Waals surface area contributed by atoms with Gasteiger partial charge in [0.1, 0.15) is 0 Å². The monoisotopic (exact) mass is 173 g/mol. The number of rotatable bonds is 1. The number of nitrogens with two attached hydrogens (primary N) is 3. The summed E-state index contributed by atoms with van der Waals surface area (Å²) in [5.74, 6) is 0. The molecule has 1 aromatic rings. The zero-order valence-corrected chi connectivity index (χ0v) is 6.90. The van der Waals surface area contributed by atoms with Gasteiger partial charge in [-0.1, -0.05) is 6.07 Å². The van der Waals surface area contributed by atoms with Gasteiger partial charge in [0, 0.05) is 23.5 Å². The number of halogens is 1. The molecule has 0 saturated carbocycles. The Hall–Kier alpha value is -0.930. The van der Waals surface area contributed by atoms with Crippen molar-refractivity contribution in [3.05, 3.63) is 23.8 Å². The Balaban J connectivity index is 0.000001000. The third kappa shape index (κ3) is 2.00. The summed E-state index contributed by atoms with van der Waals surface area (Å²) in [6.07, 6.45) is 0. The Kier molecular flexibility index (Phi) is 3.71. The molecule has 0 aliphatic heterocycles. The van der Waals surface area contributed by atoms with E-state index in [1.54, 1.807) is 12.1 Å². The number of hydrogen-bond donors (Lipinski definition) is 3. The van der Waals surface area contributed by atoms with E-state index in [1.807, 2.05) is 6.07 Å². The molecule has 1 rings (SSSR count). The molecular weight excluding hydrogens is 162 g/mol. The van der Waals surface area contributed by atoms with E-state index in [9.17, 15) is 0 Å². The van der Waals surface area contributed by atoms with Crippen molar-refractivity contribution < 1.29 is 0 Å². The molecule has 0 aliphatic carbocycles. The van der Waals surface area contributed by atoms with E-state index in [4.69, 9.17) is 17.2 Å². The molecule has 11 heavy (non-hydrogen) atoms. The SMILES string of the molecule is Cl.NCc1c(N)cccc1N. The second kappa shape index (κ2) is 4.05. The summed E-state index contributed by atoms with van der Waals surface area (Å²) < 4.78 is 0. The zero-order valence-electron chi connectivity index (χ0n) is 6.08. The van der Waals surface area contributed by atoms with Crippen LogP contribution in [0.2, 0.25) is 0 Å². The maximum Gasteiger partial charge on any atom is 0.0380 e. The van der Waals surface area contributed by atoms with Crippen LogP contribution in [0.25, 0.3) is 0 Å². The van der Waals surface area contributed by atoms with Crippen LogP contribution in [0.15, 0.2) is 18.2 Å². The smallest absolute Gasteiger partial charge is 0.0380 e. The van der Waals surface area contributed by atoms with Crippen molar-refractivity contribution in [1.29, 1.82) is 0 Å². The van der Waals surface area contributed by atoms with Crippen molar-refractivity contribution in [2.45, 2.75) is 6.54 Å². The summed E-state index contributed by atoms with van der Waals surface area (Å²) in [6.45, 7) is 0.401. The van der Waals surface area contributed by atoms with E-state index in [0.29, 0.717) is 17.9 Å². The van der Waals surface area contributed by atoms with E-state index in [0.717, 1.165) is 5.56 Å². The molecule has 0 radical (unpaired) electrons. The fraction of sp³-hybridized carbons (Fsp3) is 0.143. The van der Waals surface area contributed by atoms with Gasteiger partial charge in [0.25, 0.3) is 0 Å². The van der Waals surface area contributed by atoms with Gasteiger partial charge < -0.3 is 17.2 Å². The molecule has 0 fully saturated rings. The second-order valence-electron chi connectivity index (χ2n) is 2.12. The Morgan fingerprint density at radius 3 is 1.82 bits per heavy atom. The van der Waals surface area contributed by atoms with E-state index in [-0.39, 0.29) is 12.4 Å². The van der Waals surface area contributed by atoms with Crippen LogP contribution < -0.4 is 17.2 Å². The predicted octanol–water partition coefficient (Wildman–Crippen LogP) is 0.732. The summed E-state index contributed by atoms with van der Waals surface area (Å²) >= 11 is 0. The standard InChI is InChI=1S/C7H11N3.ClH/c8-4-5-6(9)2-1-3-7(5)10;/h1-3H,4,8-10H2;1H. The van der Waals surface area contributed by atoms with Crippen LogP contribution in [0.3, 0.4) is 0 Å². The second-order valence-corrected chi connectivity index (χ2v) is 2.12. The Bertz CT molecular complexity index is 217. The molecule has 0 saturated heterocycles. The molecule has 3 nitrogen and oxygen atoms in total. The number of nitrogen functional groups attached to an aromatic ring is 2. The van der Waals surface area contributed by atoms with Crippen LogP contribution in [0.1, 0.15) is 5.56 Å². The van der Waals surface area contributed by atoms with Crippen molar-refractivity contribution in [2.75, 3.05) is 11.5 Å². The minimum atomic E-state index is 0. The topological polar surface area (TPSA) is 78.1 Å². The van der Waals surface area contributed by atoms with Gasteiger partial charge in [0.05, 0.1) is 0 Å². The van der Waals surface area contributed by atoms with E-state index >= 15 is 0 Å². The maximum atomic E-state index is 5.57. The first-order valence-electron chi connectivity index (χ1n) is 3.08. The molecule has 0 spiro atoms. The van der Waals surface area contributed by atoms with Gasteiger partial charge in [0.2, 0.25) is 0 Å².